The number of nitrogens with one attached hydrogen (secondary N) is 1. The highest BCUT2D eigenvalue weighted by Crippen LogP contribution is 2.35. The monoisotopic (exact) mass is 297 g/mol. The minimum absolute atomic E-state index is 0.0202. The van der Waals surface area contributed by atoms with Crippen LogP contribution in [0.1, 0.15) is 24.3 Å². The third kappa shape index (κ3) is 3.22. The number of carbonyl (C=O) groups is 1. The summed E-state index contributed by atoms with van der Waals surface area (Å²) in [5.41, 5.74) is 1.91. The lowest BCUT2D eigenvalue weighted by atomic mass is 9.90. The maximum absolute atomic E-state index is 12.3. The molecule has 1 aliphatic heterocycles. The van der Waals surface area contributed by atoms with Crippen LogP contribution < -0.4 is 14.8 Å². The van der Waals surface area contributed by atoms with E-state index >= 15 is 0 Å². The van der Waals surface area contributed by atoms with Crippen LogP contribution in [0.3, 0.4) is 0 Å². The van der Waals surface area contributed by atoms with E-state index in [0.717, 1.165) is 29.2 Å². The summed E-state index contributed by atoms with van der Waals surface area (Å²) in [6, 6.07) is 15.3. The maximum Gasteiger partial charge on any atom is 0.224 e. The lowest BCUT2D eigenvalue weighted by Crippen LogP contribution is -2.20. The first-order chi connectivity index (χ1) is 10.8. The van der Waals surface area contributed by atoms with Crippen molar-refractivity contribution in [1.82, 2.24) is 0 Å². The lowest BCUT2D eigenvalue weighted by molar-refractivity contribution is -0.116. The first kappa shape index (κ1) is 14.4. The van der Waals surface area contributed by atoms with Gasteiger partial charge in [-0.1, -0.05) is 18.2 Å². The number of hydrogen-bond acceptors (Lipinski definition) is 3. The normalized spacial score (nSPS) is 16.3. The minimum atomic E-state index is 0.0202. The average molecular weight is 297 g/mol. The second kappa shape index (κ2) is 6.52. The van der Waals surface area contributed by atoms with E-state index in [2.05, 4.69) is 5.32 Å². The molecule has 0 aliphatic carbocycles. The predicted molar refractivity (Wildman–Crippen MR) is 85.5 cm³/mol. The number of anilines is 1. The smallest absolute Gasteiger partial charge is 0.224 e. The van der Waals surface area contributed by atoms with Gasteiger partial charge < -0.3 is 14.8 Å². The topological polar surface area (TPSA) is 47.6 Å². The van der Waals surface area contributed by atoms with Crippen molar-refractivity contribution >= 4 is 11.6 Å². The molecule has 1 atom stereocenters. The highest BCUT2D eigenvalue weighted by molar-refractivity contribution is 5.91. The number of rotatable bonds is 4. The molecule has 1 amide bonds. The summed E-state index contributed by atoms with van der Waals surface area (Å²) >= 11 is 0. The van der Waals surface area contributed by atoms with Gasteiger partial charge in [-0.3, -0.25) is 4.79 Å². The molecule has 2 aromatic rings. The Labute approximate surface area is 130 Å². The molecule has 0 saturated carbocycles. The van der Waals surface area contributed by atoms with E-state index in [0.29, 0.717) is 13.0 Å². The van der Waals surface area contributed by atoms with Crippen LogP contribution in [0.2, 0.25) is 0 Å². The summed E-state index contributed by atoms with van der Waals surface area (Å²) in [6.07, 6.45) is 1.33. The van der Waals surface area contributed by atoms with Crippen molar-refractivity contribution < 1.29 is 14.3 Å². The van der Waals surface area contributed by atoms with Gasteiger partial charge in [-0.25, -0.2) is 0 Å². The number of para-hydroxylation sites is 1. The number of ether oxygens (including phenoxy) is 2. The van der Waals surface area contributed by atoms with Gasteiger partial charge in [0.15, 0.2) is 0 Å². The van der Waals surface area contributed by atoms with Gasteiger partial charge in [-0.05, 0) is 48.2 Å². The average Bonchev–Trinajstić information content (AvgIpc) is 2.56. The molecule has 0 aromatic heterocycles. The van der Waals surface area contributed by atoms with Crippen LogP contribution in [-0.2, 0) is 4.79 Å². The molecule has 3 rings (SSSR count). The fourth-order valence-corrected chi connectivity index (χ4v) is 2.74. The largest absolute Gasteiger partial charge is 0.497 e. The molecular weight excluding hydrogens is 278 g/mol. The second-order valence-corrected chi connectivity index (χ2v) is 5.35. The van der Waals surface area contributed by atoms with E-state index in [1.54, 1.807) is 7.11 Å². The lowest BCUT2D eigenvalue weighted by Gasteiger charge is -2.25. The highest BCUT2D eigenvalue weighted by Gasteiger charge is 2.23. The van der Waals surface area contributed by atoms with Crippen LogP contribution in [0.4, 0.5) is 5.69 Å². The Morgan fingerprint density at radius 2 is 2.00 bits per heavy atom. The van der Waals surface area contributed by atoms with Crippen molar-refractivity contribution in [2.45, 2.75) is 18.8 Å². The minimum Gasteiger partial charge on any atom is -0.497 e. The molecule has 1 unspecified atom stereocenters. The molecule has 0 spiro atoms. The third-order valence-electron chi connectivity index (χ3n) is 3.89. The van der Waals surface area contributed by atoms with Gasteiger partial charge in [-0.2, -0.15) is 0 Å². The first-order valence-electron chi connectivity index (χ1n) is 7.42. The number of carbonyl (C=O) groups excluding carboxylic acids is 1. The van der Waals surface area contributed by atoms with Crippen LogP contribution in [0.25, 0.3) is 0 Å². The third-order valence-corrected chi connectivity index (χ3v) is 3.89. The molecule has 4 nitrogen and oxygen atoms in total. The molecule has 2 aromatic carbocycles. The fraction of sp³-hybridized carbons (Fsp3) is 0.278. The Hall–Kier alpha value is -2.49. The fourth-order valence-electron chi connectivity index (χ4n) is 2.74. The van der Waals surface area contributed by atoms with Crippen molar-refractivity contribution in [3.05, 3.63) is 54.1 Å². The quantitative estimate of drug-likeness (QED) is 0.938. The van der Waals surface area contributed by atoms with E-state index in [1.165, 1.54) is 0 Å². The molecule has 22 heavy (non-hydrogen) atoms. The van der Waals surface area contributed by atoms with Gasteiger partial charge in [-0.15, -0.1) is 0 Å². The van der Waals surface area contributed by atoms with Crippen molar-refractivity contribution in [1.29, 1.82) is 0 Å². The SMILES string of the molecule is COc1ccc(NC(=O)CC2CCOc3ccccc32)cc1. The summed E-state index contributed by atoms with van der Waals surface area (Å²) in [7, 11) is 1.62. The Balaban J connectivity index is 1.65. The van der Waals surface area contributed by atoms with E-state index in [9.17, 15) is 4.79 Å². The number of fused-ring (bicyclic) bond motifs is 1. The summed E-state index contributed by atoms with van der Waals surface area (Å²) in [4.78, 5) is 12.3. The predicted octanol–water partition coefficient (Wildman–Crippen LogP) is 3.59. The molecular formula is C18H19NO3. The molecule has 4 heteroatoms. The standard InChI is InChI=1S/C18H19NO3/c1-21-15-8-6-14(7-9-15)19-18(20)12-13-10-11-22-17-5-3-2-4-16(13)17/h2-9,13H,10-12H2,1H3,(H,19,20). The summed E-state index contributed by atoms with van der Waals surface area (Å²) < 4.78 is 10.7. The zero-order chi connectivity index (χ0) is 15.4. The highest BCUT2D eigenvalue weighted by atomic mass is 16.5. The van der Waals surface area contributed by atoms with E-state index in [4.69, 9.17) is 9.47 Å². The van der Waals surface area contributed by atoms with Crippen LogP contribution in [0, 0.1) is 0 Å². The number of benzene rings is 2. The molecule has 114 valence electrons. The van der Waals surface area contributed by atoms with Gasteiger partial charge in [0, 0.05) is 12.1 Å². The molecule has 0 bridgehead atoms. The maximum atomic E-state index is 12.3. The van der Waals surface area contributed by atoms with Crippen LogP contribution in [-0.4, -0.2) is 19.6 Å². The van der Waals surface area contributed by atoms with Crippen LogP contribution >= 0.6 is 0 Å². The van der Waals surface area contributed by atoms with Crippen LogP contribution in [0.5, 0.6) is 11.5 Å². The molecule has 1 aliphatic rings. The number of amides is 1. The van der Waals surface area contributed by atoms with E-state index in [1.807, 2.05) is 48.5 Å². The van der Waals surface area contributed by atoms with Crippen molar-refractivity contribution in [3.63, 3.8) is 0 Å². The molecule has 0 saturated heterocycles. The molecule has 1 heterocycles. The Morgan fingerprint density at radius 1 is 1.23 bits per heavy atom. The Kier molecular flexibility index (Phi) is 4.28. The van der Waals surface area contributed by atoms with Gasteiger partial charge in [0.1, 0.15) is 11.5 Å². The van der Waals surface area contributed by atoms with E-state index < -0.39 is 0 Å². The summed E-state index contributed by atoms with van der Waals surface area (Å²) in [5.74, 6) is 1.91. The van der Waals surface area contributed by atoms with Crippen molar-refractivity contribution in [2.75, 3.05) is 19.0 Å². The van der Waals surface area contributed by atoms with Crippen LogP contribution in [0.15, 0.2) is 48.5 Å². The molecule has 1 N–H and O–H groups in total. The van der Waals surface area contributed by atoms with Gasteiger partial charge in [0.2, 0.25) is 5.91 Å². The molecule has 0 radical (unpaired) electrons. The Morgan fingerprint density at radius 3 is 2.77 bits per heavy atom. The number of methoxy groups -OCH3 is 1. The first-order valence-corrected chi connectivity index (χ1v) is 7.42. The van der Waals surface area contributed by atoms with Gasteiger partial charge >= 0.3 is 0 Å². The molecule has 0 fully saturated rings. The van der Waals surface area contributed by atoms with Gasteiger partial charge in [0.25, 0.3) is 0 Å². The Bertz CT molecular complexity index is 652. The van der Waals surface area contributed by atoms with E-state index in [-0.39, 0.29) is 11.8 Å². The summed E-state index contributed by atoms with van der Waals surface area (Å²) in [6.45, 7) is 0.664. The zero-order valence-corrected chi connectivity index (χ0v) is 12.5. The van der Waals surface area contributed by atoms with Crippen molar-refractivity contribution in [2.24, 2.45) is 0 Å². The van der Waals surface area contributed by atoms with Gasteiger partial charge in [0.05, 0.1) is 13.7 Å². The summed E-state index contributed by atoms with van der Waals surface area (Å²) in [5, 5.41) is 2.94. The van der Waals surface area contributed by atoms with Crippen molar-refractivity contribution in [3.8, 4) is 11.5 Å². The number of hydrogen-bond donors (Lipinski definition) is 1. The zero-order valence-electron chi connectivity index (χ0n) is 12.5. The second-order valence-electron chi connectivity index (χ2n) is 5.35.